The van der Waals surface area contributed by atoms with Crippen LogP contribution in [0.1, 0.15) is 17.0 Å². The monoisotopic (exact) mass is 300 g/mol. The van der Waals surface area contributed by atoms with Crippen LogP contribution in [0.25, 0.3) is 16.7 Å². The number of para-hydroxylation sites is 1. The second-order valence-corrected chi connectivity index (χ2v) is 5.48. The van der Waals surface area contributed by atoms with Gasteiger partial charge in [0.15, 0.2) is 5.82 Å². The number of aromatic nitrogens is 3. The maximum atomic E-state index is 6.26. The highest BCUT2D eigenvalue weighted by atomic mass is 35.5. The number of rotatable bonds is 3. The number of fused-ring (bicyclic) bond motifs is 1. The minimum Gasteiger partial charge on any atom is -0.330 e. The third-order valence-corrected chi connectivity index (χ3v) is 4.14. The molecule has 2 heterocycles. The van der Waals surface area contributed by atoms with Gasteiger partial charge in [-0.25, -0.2) is 9.67 Å². The summed E-state index contributed by atoms with van der Waals surface area (Å²) < 4.78 is 1.81. The van der Waals surface area contributed by atoms with E-state index in [0.717, 1.165) is 40.1 Å². The van der Waals surface area contributed by atoms with E-state index in [1.807, 2.05) is 36.7 Å². The summed E-state index contributed by atoms with van der Waals surface area (Å²) in [7, 11) is 0. The standard InChI is InChI=1S/C16H17ClN4/c1-10-15(17)11(2)21(20-10)16-13(7-8-18)9-12-5-3-4-6-14(12)19-16/h3-6,9H,7-8,18H2,1-2H3. The van der Waals surface area contributed by atoms with Crippen molar-refractivity contribution in [1.82, 2.24) is 14.8 Å². The molecule has 1 aromatic carbocycles. The van der Waals surface area contributed by atoms with E-state index in [0.29, 0.717) is 11.6 Å². The van der Waals surface area contributed by atoms with Crippen molar-refractivity contribution in [2.75, 3.05) is 6.54 Å². The zero-order valence-corrected chi connectivity index (χ0v) is 12.9. The first-order chi connectivity index (χ1) is 10.1. The fourth-order valence-electron chi connectivity index (χ4n) is 2.50. The number of hydrogen-bond donors (Lipinski definition) is 1. The average molecular weight is 301 g/mol. The van der Waals surface area contributed by atoms with E-state index in [2.05, 4.69) is 17.2 Å². The predicted octanol–water partition coefficient (Wildman–Crippen LogP) is 3.19. The lowest BCUT2D eigenvalue weighted by Gasteiger charge is -2.11. The highest BCUT2D eigenvalue weighted by molar-refractivity contribution is 6.31. The Labute approximate surface area is 128 Å². The molecule has 0 bridgehead atoms. The van der Waals surface area contributed by atoms with Gasteiger partial charge in [-0.05, 0) is 44.5 Å². The number of aryl methyl sites for hydroxylation is 1. The van der Waals surface area contributed by atoms with E-state index in [4.69, 9.17) is 22.3 Å². The average Bonchev–Trinajstić information content (AvgIpc) is 2.74. The van der Waals surface area contributed by atoms with E-state index in [9.17, 15) is 0 Å². The molecule has 21 heavy (non-hydrogen) atoms. The van der Waals surface area contributed by atoms with Crippen molar-refractivity contribution in [2.24, 2.45) is 5.73 Å². The smallest absolute Gasteiger partial charge is 0.157 e. The van der Waals surface area contributed by atoms with Gasteiger partial charge in [0.25, 0.3) is 0 Å². The van der Waals surface area contributed by atoms with Gasteiger partial charge in [0, 0.05) is 5.39 Å². The van der Waals surface area contributed by atoms with Gasteiger partial charge in [-0.1, -0.05) is 29.8 Å². The SMILES string of the molecule is Cc1nn(-c2nc3ccccc3cc2CCN)c(C)c1Cl. The Morgan fingerprint density at radius 1 is 1.24 bits per heavy atom. The summed E-state index contributed by atoms with van der Waals surface area (Å²) in [5.74, 6) is 0.812. The van der Waals surface area contributed by atoms with E-state index in [-0.39, 0.29) is 0 Å². The van der Waals surface area contributed by atoms with Crippen LogP contribution in [-0.4, -0.2) is 21.3 Å². The minimum atomic E-state index is 0.569. The third-order valence-electron chi connectivity index (χ3n) is 3.60. The Balaban J connectivity index is 2.28. The van der Waals surface area contributed by atoms with E-state index in [1.54, 1.807) is 0 Å². The second kappa shape index (κ2) is 5.47. The van der Waals surface area contributed by atoms with E-state index >= 15 is 0 Å². The van der Waals surface area contributed by atoms with Gasteiger partial charge < -0.3 is 5.73 Å². The summed E-state index contributed by atoms with van der Waals surface area (Å²) >= 11 is 6.26. The molecule has 5 heteroatoms. The summed E-state index contributed by atoms with van der Waals surface area (Å²) in [6, 6.07) is 10.2. The number of hydrogen-bond acceptors (Lipinski definition) is 3. The van der Waals surface area contributed by atoms with Crippen molar-refractivity contribution >= 4 is 22.5 Å². The number of nitrogens with zero attached hydrogens (tertiary/aromatic N) is 3. The molecule has 0 aliphatic rings. The van der Waals surface area contributed by atoms with Crippen molar-refractivity contribution in [1.29, 1.82) is 0 Å². The molecule has 2 aromatic heterocycles. The fourth-order valence-corrected chi connectivity index (χ4v) is 2.62. The van der Waals surface area contributed by atoms with Crippen molar-refractivity contribution < 1.29 is 0 Å². The summed E-state index contributed by atoms with van der Waals surface area (Å²) in [4.78, 5) is 4.77. The Morgan fingerprint density at radius 3 is 2.67 bits per heavy atom. The predicted molar refractivity (Wildman–Crippen MR) is 86.1 cm³/mol. The largest absolute Gasteiger partial charge is 0.330 e. The Morgan fingerprint density at radius 2 is 2.00 bits per heavy atom. The van der Waals surface area contributed by atoms with Crippen LogP contribution in [0.4, 0.5) is 0 Å². The normalized spacial score (nSPS) is 11.2. The fraction of sp³-hybridized carbons (Fsp3) is 0.250. The molecule has 108 valence electrons. The molecule has 0 saturated carbocycles. The second-order valence-electron chi connectivity index (χ2n) is 5.10. The van der Waals surface area contributed by atoms with Crippen LogP contribution in [0, 0.1) is 13.8 Å². The van der Waals surface area contributed by atoms with Crippen LogP contribution in [0.2, 0.25) is 5.02 Å². The summed E-state index contributed by atoms with van der Waals surface area (Å²) in [6.07, 6.45) is 0.753. The molecule has 3 rings (SSSR count). The van der Waals surface area contributed by atoms with E-state index in [1.165, 1.54) is 0 Å². The van der Waals surface area contributed by atoms with Gasteiger partial charge in [-0.15, -0.1) is 0 Å². The first kappa shape index (κ1) is 14.0. The molecular weight excluding hydrogens is 284 g/mol. The molecule has 0 aliphatic heterocycles. The number of benzene rings is 1. The molecule has 0 spiro atoms. The molecule has 0 saturated heterocycles. The Kier molecular flexibility index (Phi) is 3.66. The molecule has 0 fully saturated rings. The topological polar surface area (TPSA) is 56.7 Å². The lowest BCUT2D eigenvalue weighted by Crippen LogP contribution is -2.10. The van der Waals surface area contributed by atoms with Crippen molar-refractivity contribution in [3.8, 4) is 5.82 Å². The van der Waals surface area contributed by atoms with Gasteiger partial charge in [-0.3, -0.25) is 0 Å². The summed E-state index contributed by atoms with van der Waals surface area (Å²) in [5.41, 5.74) is 9.47. The van der Waals surface area contributed by atoms with Crippen LogP contribution in [0.5, 0.6) is 0 Å². The van der Waals surface area contributed by atoms with Crippen LogP contribution >= 0.6 is 11.6 Å². The summed E-state index contributed by atoms with van der Waals surface area (Å²) in [6.45, 7) is 4.42. The summed E-state index contributed by atoms with van der Waals surface area (Å²) in [5, 5.41) is 6.30. The third kappa shape index (κ3) is 2.41. The lowest BCUT2D eigenvalue weighted by atomic mass is 10.1. The molecular formula is C16H17ClN4. The maximum Gasteiger partial charge on any atom is 0.157 e. The number of pyridine rings is 1. The first-order valence-electron chi connectivity index (χ1n) is 6.92. The molecule has 0 unspecified atom stereocenters. The number of nitrogens with two attached hydrogens (primary N) is 1. The van der Waals surface area contributed by atoms with Crippen molar-refractivity contribution in [2.45, 2.75) is 20.3 Å². The number of halogens is 1. The van der Waals surface area contributed by atoms with Gasteiger partial charge in [0.2, 0.25) is 0 Å². The Hall–Kier alpha value is -1.91. The maximum absolute atomic E-state index is 6.26. The lowest BCUT2D eigenvalue weighted by molar-refractivity contribution is 0.790. The van der Waals surface area contributed by atoms with Gasteiger partial charge in [-0.2, -0.15) is 5.10 Å². The molecule has 2 N–H and O–H groups in total. The molecule has 0 atom stereocenters. The molecule has 4 nitrogen and oxygen atoms in total. The van der Waals surface area contributed by atoms with Gasteiger partial charge in [0.05, 0.1) is 21.9 Å². The van der Waals surface area contributed by atoms with Gasteiger partial charge >= 0.3 is 0 Å². The van der Waals surface area contributed by atoms with Gasteiger partial charge in [0.1, 0.15) is 0 Å². The van der Waals surface area contributed by atoms with E-state index < -0.39 is 0 Å². The van der Waals surface area contributed by atoms with Crippen molar-refractivity contribution in [3.05, 3.63) is 52.3 Å². The highest BCUT2D eigenvalue weighted by Crippen LogP contribution is 2.25. The zero-order valence-electron chi connectivity index (χ0n) is 12.1. The molecule has 0 amide bonds. The molecule has 0 radical (unpaired) electrons. The Bertz CT molecular complexity index is 807. The van der Waals surface area contributed by atoms with Crippen LogP contribution < -0.4 is 5.73 Å². The quantitative estimate of drug-likeness (QED) is 0.808. The molecule has 3 aromatic rings. The highest BCUT2D eigenvalue weighted by Gasteiger charge is 2.15. The van der Waals surface area contributed by atoms with Crippen molar-refractivity contribution in [3.63, 3.8) is 0 Å². The van der Waals surface area contributed by atoms with Crippen LogP contribution in [-0.2, 0) is 6.42 Å². The minimum absolute atomic E-state index is 0.569. The first-order valence-corrected chi connectivity index (χ1v) is 7.30. The van der Waals surface area contributed by atoms with Crippen LogP contribution in [0.15, 0.2) is 30.3 Å². The van der Waals surface area contributed by atoms with Crippen LogP contribution in [0.3, 0.4) is 0 Å². The zero-order chi connectivity index (χ0) is 15.0. The molecule has 0 aliphatic carbocycles.